The minimum atomic E-state index is -4.64. The van der Waals surface area contributed by atoms with Gasteiger partial charge >= 0.3 is 7.82 Å². The highest BCUT2D eigenvalue weighted by molar-refractivity contribution is 7.45. The average molecular weight is 316 g/mol. The van der Waals surface area contributed by atoms with Gasteiger partial charge in [-0.05, 0) is 12.1 Å². The van der Waals surface area contributed by atoms with Crippen molar-refractivity contribution in [3.63, 3.8) is 0 Å². The Balaban J connectivity index is 0.000000383. The molecule has 0 aliphatic rings. The SMILES string of the molecule is COc1cccc(C(=O)c2nc(N)n[nH]2)c1.O=P(O)(O)O. The van der Waals surface area contributed by atoms with Crippen molar-refractivity contribution in [3.05, 3.63) is 35.7 Å². The molecule has 1 heterocycles. The second-order valence-corrected chi connectivity index (χ2v) is 4.64. The molecule has 0 atom stereocenters. The standard InChI is InChI=1S/C10H10N4O2.H3O4P/c1-16-7-4-2-3-6(5-7)8(15)9-12-10(11)14-13-9;1-5(2,3)4/h2-5H,1H3,(H3,11,12,13,14);(H3,1,2,3,4). The minimum Gasteiger partial charge on any atom is -0.497 e. The summed E-state index contributed by atoms with van der Waals surface area (Å²) in [4.78, 5) is 37.2. The lowest BCUT2D eigenvalue weighted by molar-refractivity contribution is 0.102. The van der Waals surface area contributed by atoms with E-state index in [1.54, 1.807) is 24.3 Å². The number of methoxy groups -OCH3 is 1. The van der Waals surface area contributed by atoms with Crippen LogP contribution in [0.3, 0.4) is 0 Å². The number of anilines is 1. The van der Waals surface area contributed by atoms with E-state index in [1.165, 1.54) is 7.11 Å². The van der Waals surface area contributed by atoms with Gasteiger partial charge in [-0.1, -0.05) is 12.1 Å². The topological polar surface area (TPSA) is 172 Å². The lowest BCUT2D eigenvalue weighted by atomic mass is 10.1. The second kappa shape index (κ2) is 6.95. The minimum absolute atomic E-state index is 0.0475. The molecule has 2 aromatic rings. The molecule has 10 nitrogen and oxygen atoms in total. The Morgan fingerprint density at radius 1 is 1.38 bits per heavy atom. The highest BCUT2D eigenvalue weighted by Gasteiger charge is 2.13. The molecule has 0 aliphatic heterocycles. The van der Waals surface area contributed by atoms with E-state index in [9.17, 15) is 4.79 Å². The zero-order chi connectivity index (χ0) is 16.0. The highest BCUT2D eigenvalue weighted by atomic mass is 31.2. The number of rotatable bonds is 3. The van der Waals surface area contributed by atoms with Crippen molar-refractivity contribution in [2.24, 2.45) is 0 Å². The van der Waals surface area contributed by atoms with Gasteiger partial charge in [0.15, 0.2) is 5.82 Å². The van der Waals surface area contributed by atoms with Crippen LogP contribution in [0, 0.1) is 0 Å². The maximum absolute atomic E-state index is 11.9. The molecule has 0 unspecified atom stereocenters. The Labute approximate surface area is 118 Å². The molecule has 1 aromatic carbocycles. The van der Waals surface area contributed by atoms with Crippen molar-refractivity contribution in [2.75, 3.05) is 12.8 Å². The lowest BCUT2D eigenvalue weighted by Gasteiger charge is -2.01. The lowest BCUT2D eigenvalue weighted by Crippen LogP contribution is -2.04. The van der Waals surface area contributed by atoms with E-state index >= 15 is 0 Å². The van der Waals surface area contributed by atoms with Crippen molar-refractivity contribution in [1.29, 1.82) is 0 Å². The number of hydrogen-bond donors (Lipinski definition) is 5. The molecule has 11 heteroatoms. The fourth-order valence-electron chi connectivity index (χ4n) is 1.28. The Kier molecular flexibility index (Phi) is 5.56. The number of carbonyl (C=O) groups excluding carboxylic acids is 1. The normalized spacial score (nSPS) is 10.5. The van der Waals surface area contributed by atoms with Gasteiger partial charge in [0.2, 0.25) is 11.7 Å². The molecule has 114 valence electrons. The Hall–Kier alpha value is -2.26. The van der Waals surface area contributed by atoms with Gasteiger partial charge in [0.05, 0.1) is 7.11 Å². The maximum Gasteiger partial charge on any atom is 0.466 e. The molecule has 1 aromatic heterocycles. The molecule has 0 amide bonds. The molecule has 0 bridgehead atoms. The maximum atomic E-state index is 11.9. The van der Waals surface area contributed by atoms with E-state index in [0.717, 1.165) is 0 Å². The van der Waals surface area contributed by atoms with E-state index in [0.29, 0.717) is 11.3 Å². The van der Waals surface area contributed by atoms with Crippen LogP contribution in [0.25, 0.3) is 0 Å². The molecular formula is C10H13N4O6P. The van der Waals surface area contributed by atoms with E-state index in [-0.39, 0.29) is 17.6 Å². The molecule has 6 N–H and O–H groups in total. The quantitative estimate of drug-likeness (QED) is 0.376. The number of ketones is 1. The van der Waals surface area contributed by atoms with Crippen molar-refractivity contribution in [3.8, 4) is 5.75 Å². The second-order valence-electron chi connectivity index (χ2n) is 3.62. The molecule has 0 saturated carbocycles. The fraction of sp³-hybridized carbons (Fsp3) is 0.100. The Bertz CT molecular complexity index is 659. The largest absolute Gasteiger partial charge is 0.497 e. The van der Waals surface area contributed by atoms with Gasteiger partial charge in [-0.3, -0.25) is 9.89 Å². The number of aromatic amines is 1. The summed E-state index contributed by atoms with van der Waals surface area (Å²) >= 11 is 0. The first-order chi connectivity index (χ1) is 9.70. The third-order valence-electron chi connectivity index (χ3n) is 2.05. The summed E-state index contributed by atoms with van der Waals surface area (Å²) in [5.41, 5.74) is 5.79. The number of nitrogen functional groups attached to an aromatic ring is 1. The molecule has 0 fully saturated rings. The predicted octanol–water partition coefficient (Wildman–Crippen LogP) is -0.302. The number of phosphoric acid groups is 1. The van der Waals surface area contributed by atoms with Crippen LogP contribution in [0.4, 0.5) is 5.95 Å². The summed E-state index contributed by atoms with van der Waals surface area (Å²) in [6.07, 6.45) is 0. The Morgan fingerprint density at radius 2 is 2.00 bits per heavy atom. The van der Waals surface area contributed by atoms with Crippen LogP contribution in [0.5, 0.6) is 5.75 Å². The van der Waals surface area contributed by atoms with Crippen LogP contribution in [-0.4, -0.2) is 42.8 Å². The molecule has 0 radical (unpaired) electrons. The van der Waals surface area contributed by atoms with E-state index in [1.807, 2.05) is 0 Å². The first-order valence-electron chi connectivity index (χ1n) is 5.35. The first-order valence-corrected chi connectivity index (χ1v) is 6.92. The predicted molar refractivity (Wildman–Crippen MR) is 71.5 cm³/mol. The summed E-state index contributed by atoms with van der Waals surface area (Å²) in [7, 11) is -3.10. The summed E-state index contributed by atoms with van der Waals surface area (Å²) in [6, 6.07) is 6.78. The van der Waals surface area contributed by atoms with Crippen molar-refractivity contribution < 1.29 is 28.8 Å². The zero-order valence-electron chi connectivity index (χ0n) is 10.8. The summed E-state index contributed by atoms with van der Waals surface area (Å²) in [6.45, 7) is 0. The molecule has 21 heavy (non-hydrogen) atoms. The third kappa shape index (κ3) is 6.15. The van der Waals surface area contributed by atoms with Crippen molar-refractivity contribution in [1.82, 2.24) is 15.2 Å². The van der Waals surface area contributed by atoms with Crippen LogP contribution in [0.2, 0.25) is 0 Å². The number of nitrogens with zero attached hydrogens (tertiary/aromatic N) is 2. The number of carbonyl (C=O) groups is 1. The highest BCUT2D eigenvalue weighted by Crippen LogP contribution is 2.25. The number of H-pyrrole nitrogens is 1. The molecule has 0 aliphatic carbocycles. The number of nitrogens with two attached hydrogens (primary N) is 1. The van der Waals surface area contributed by atoms with Gasteiger partial charge in [0.25, 0.3) is 0 Å². The van der Waals surface area contributed by atoms with Gasteiger partial charge in [-0.15, -0.1) is 5.10 Å². The first kappa shape index (κ1) is 16.8. The summed E-state index contributed by atoms with van der Waals surface area (Å²) in [5.74, 6) is 0.499. The van der Waals surface area contributed by atoms with Gasteiger partial charge < -0.3 is 25.2 Å². The smallest absolute Gasteiger partial charge is 0.466 e. The summed E-state index contributed by atoms with van der Waals surface area (Å²) in [5, 5.41) is 6.06. The van der Waals surface area contributed by atoms with Gasteiger partial charge in [0, 0.05) is 5.56 Å². The summed E-state index contributed by atoms with van der Waals surface area (Å²) < 4.78 is 13.9. The zero-order valence-corrected chi connectivity index (χ0v) is 11.7. The van der Waals surface area contributed by atoms with Gasteiger partial charge in [-0.2, -0.15) is 4.98 Å². The van der Waals surface area contributed by atoms with Crippen LogP contribution >= 0.6 is 7.82 Å². The molecular weight excluding hydrogens is 303 g/mol. The number of ether oxygens (including phenoxy) is 1. The molecule has 0 spiro atoms. The third-order valence-corrected chi connectivity index (χ3v) is 2.05. The Morgan fingerprint density at radius 3 is 2.48 bits per heavy atom. The monoisotopic (exact) mass is 316 g/mol. The van der Waals surface area contributed by atoms with Gasteiger partial charge in [-0.25, -0.2) is 4.57 Å². The number of benzene rings is 1. The van der Waals surface area contributed by atoms with Crippen LogP contribution in [0.15, 0.2) is 24.3 Å². The van der Waals surface area contributed by atoms with E-state index in [4.69, 9.17) is 29.7 Å². The average Bonchev–Trinajstić information content (AvgIpc) is 2.83. The number of hydrogen-bond acceptors (Lipinski definition) is 6. The van der Waals surface area contributed by atoms with Crippen LogP contribution in [-0.2, 0) is 4.57 Å². The number of nitrogens with one attached hydrogen (secondary N) is 1. The molecule has 2 rings (SSSR count). The van der Waals surface area contributed by atoms with E-state index in [2.05, 4.69) is 15.2 Å². The number of aromatic nitrogens is 3. The molecule has 0 saturated heterocycles. The van der Waals surface area contributed by atoms with Gasteiger partial charge in [0.1, 0.15) is 5.75 Å². The fourth-order valence-corrected chi connectivity index (χ4v) is 1.28. The van der Waals surface area contributed by atoms with Crippen molar-refractivity contribution in [2.45, 2.75) is 0 Å². The van der Waals surface area contributed by atoms with Crippen LogP contribution in [0.1, 0.15) is 16.2 Å². The van der Waals surface area contributed by atoms with Crippen LogP contribution < -0.4 is 10.5 Å². The van der Waals surface area contributed by atoms with Crippen molar-refractivity contribution >= 4 is 19.6 Å². The van der Waals surface area contributed by atoms with E-state index < -0.39 is 7.82 Å².